The molecular weight excluding hydrogens is 268 g/mol. The molecule has 2 heteroatoms. The van der Waals surface area contributed by atoms with Crippen LogP contribution in [0.1, 0.15) is 23.8 Å². The minimum Gasteiger partial charge on any atom is -0.464 e. The summed E-state index contributed by atoms with van der Waals surface area (Å²) in [6.45, 7) is 2.18. The van der Waals surface area contributed by atoms with Gasteiger partial charge in [-0.25, -0.2) is 0 Å². The summed E-state index contributed by atoms with van der Waals surface area (Å²) in [6, 6.07) is 10.0. The zero-order valence-corrected chi connectivity index (χ0v) is 11.8. The second-order valence-electron chi connectivity index (χ2n) is 5.30. The van der Waals surface area contributed by atoms with Crippen molar-refractivity contribution >= 4 is 28.8 Å². The van der Waals surface area contributed by atoms with E-state index in [1.165, 1.54) is 22.3 Å². The second-order valence-corrected chi connectivity index (χ2v) is 5.73. The molecular formula is C18H13ClO. The summed E-state index contributed by atoms with van der Waals surface area (Å²) in [4.78, 5) is 0. The highest BCUT2D eigenvalue weighted by atomic mass is 35.5. The lowest BCUT2D eigenvalue weighted by molar-refractivity contribution is 0.554. The fraction of sp³-hybridized carbons (Fsp3) is 0.111. The van der Waals surface area contributed by atoms with Crippen LogP contribution in [0.25, 0.3) is 17.2 Å². The lowest BCUT2D eigenvalue weighted by Gasteiger charge is -2.22. The van der Waals surface area contributed by atoms with Crippen molar-refractivity contribution in [1.29, 1.82) is 0 Å². The fourth-order valence-corrected chi connectivity index (χ4v) is 3.20. The van der Waals surface area contributed by atoms with Crippen LogP contribution < -0.4 is 0 Å². The fourth-order valence-electron chi connectivity index (χ4n) is 3.03. The topological polar surface area (TPSA) is 13.1 Å². The van der Waals surface area contributed by atoms with Crippen LogP contribution in [0, 0.1) is 5.92 Å². The molecule has 2 aliphatic carbocycles. The predicted molar refractivity (Wildman–Crippen MR) is 83.3 cm³/mol. The molecule has 1 aromatic heterocycles. The Hall–Kier alpha value is -1.99. The molecule has 1 atom stereocenters. The average Bonchev–Trinajstić information content (AvgIpc) is 3.08. The normalized spacial score (nSPS) is 19.9. The smallest absolute Gasteiger partial charge is 0.133 e. The minimum absolute atomic E-state index is 0.334. The van der Waals surface area contributed by atoms with Crippen molar-refractivity contribution in [3.05, 3.63) is 76.2 Å². The molecule has 0 amide bonds. The molecule has 0 aliphatic heterocycles. The first-order valence-electron chi connectivity index (χ1n) is 6.68. The lowest BCUT2D eigenvalue weighted by Crippen LogP contribution is -2.06. The van der Waals surface area contributed by atoms with Crippen molar-refractivity contribution < 1.29 is 4.42 Å². The molecule has 0 saturated heterocycles. The standard InChI is InChI=1S/C18H13ClO/c1-11-7-12-4-5-14(19)10-16(12)17-9-13(8-15(11)17)18-3-2-6-20-18/h2-10,15H,1H3. The van der Waals surface area contributed by atoms with E-state index in [2.05, 4.69) is 37.3 Å². The molecule has 0 N–H and O–H groups in total. The van der Waals surface area contributed by atoms with Crippen molar-refractivity contribution in [1.82, 2.24) is 0 Å². The Bertz CT molecular complexity index is 776. The zero-order valence-electron chi connectivity index (χ0n) is 11.1. The number of allylic oxidation sites excluding steroid dienone is 5. The monoisotopic (exact) mass is 280 g/mol. The van der Waals surface area contributed by atoms with Gasteiger partial charge in [-0.3, -0.25) is 0 Å². The third-order valence-electron chi connectivity index (χ3n) is 4.00. The summed E-state index contributed by atoms with van der Waals surface area (Å²) < 4.78 is 5.51. The third kappa shape index (κ3) is 1.70. The first kappa shape index (κ1) is 11.8. The predicted octanol–water partition coefficient (Wildman–Crippen LogP) is 5.45. The first-order valence-corrected chi connectivity index (χ1v) is 7.05. The van der Waals surface area contributed by atoms with Crippen LogP contribution in [0.4, 0.5) is 0 Å². The quantitative estimate of drug-likeness (QED) is 0.677. The van der Waals surface area contributed by atoms with Gasteiger partial charge in [-0.2, -0.15) is 0 Å². The summed E-state index contributed by atoms with van der Waals surface area (Å²) in [5, 5.41) is 0.780. The SMILES string of the molecule is CC1=Cc2ccc(Cl)cc2C2=CC(c3ccco3)=CC12. The Morgan fingerprint density at radius 1 is 1.15 bits per heavy atom. The van der Waals surface area contributed by atoms with E-state index in [1.807, 2.05) is 18.2 Å². The second kappa shape index (κ2) is 4.26. The molecule has 0 bridgehead atoms. The number of fused-ring (bicyclic) bond motifs is 3. The number of hydrogen-bond donors (Lipinski definition) is 0. The van der Waals surface area contributed by atoms with Crippen LogP contribution in [-0.4, -0.2) is 0 Å². The van der Waals surface area contributed by atoms with Gasteiger partial charge in [0.2, 0.25) is 0 Å². The van der Waals surface area contributed by atoms with Crippen LogP contribution in [0.15, 0.2) is 58.7 Å². The van der Waals surface area contributed by atoms with E-state index in [4.69, 9.17) is 16.0 Å². The van der Waals surface area contributed by atoms with Gasteiger partial charge in [0, 0.05) is 16.5 Å². The van der Waals surface area contributed by atoms with Crippen molar-refractivity contribution in [2.24, 2.45) is 5.92 Å². The lowest BCUT2D eigenvalue weighted by atomic mass is 9.82. The molecule has 1 unspecified atom stereocenters. The Labute approximate surface area is 122 Å². The van der Waals surface area contributed by atoms with E-state index in [0.717, 1.165) is 16.4 Å². The van der Waals surface area contributed by atoms with E-state index < -0.39 is 0 Å². The van der Waals surface area contributed by atoms with Crippen LogP contribution in [0.3, 0.4) is 0 Å². The van der Waals surface area contributed by atoms with E-state index in [1.54, 1.807) is 6.26 Å². The summed E-state index contributed by atoms with van der Waals surface area (Å²) >= 11 is 6.16. The molecule has 98 valence electrons. The Balaban J connectivity index is 1.89. The van der Waals surface area contributed by atoms with Crippen molar-refractivity contribution in [3.63, 3.8) is 0 Å². The molecule has 4 rings (SSSR count). The van der Waals surface area contributed by atoms with Gasteiger partial charge in [-0.05, 0) is 54.0 Å². The Morgan fingerprint density at radius 2 is 2.05 bits per heavy atom. The third-order valence-corrected chi connectivity index (χ3v) is 4.23. The first-order chi connectivity index (χ1) is 9.72. The molecule has 1 nitrogen and oxygen atoms in total. The van der Waals surface area contributed by atoms with Crippen molar-refractivity contribution in [3.8, 4) is 0 Å². The van der Waals surface area contributed by atoms with Gasteiger partial charge >= 0.3 is 0 Å². The molecule has 1 heterocycles. The van der Waals surface area contributed by atoms with E-state index in [9.17, 15) is 0 Å². The highest BCUT2D eigenvalue weighted by molar-refractivity contribution is 6.30. The van der Waals surface area contributed by atoms with E-state index >= 15 is 0 Å². The van der Waals surface area contributed by atoms with Gasteiger partial charge in [-0.1, -0.05) is 35.4 Å². The summed E-state index contributed by atoms with van der Waals surface area (Å²) in [5.41, 5.74) is 6.28. The van der Waals surface area contributed by atoms with Crippen LogP contribution in [0.2, 0.25) is 5.02 Å². The van der Waals surface area contributed by atoms with Crippen LogP contribution in [-0.2, 0) is 0 Å². The van der Waals surface area contributed by atoms with Crippen LogP contribution in [0.5, 0.6) is 0 Å². The number of hydrogen-bond acceptors (Lipinski definition) is 1. The van der Waals surface area contributed by atoms with E-state index in [-0.39, 0.29) is 0 Å². The summed E-state index contributed by atoms with van der Waals surface area (Å²) in [7, 11) is 0. The van der Waals surface area contributed by atoms with Gasteiger partial charge in [0.05, 0.1) is 6.26 Å². The van der Waals surface area contributed by atoms with Gasteiger partial charge in [0.1, 0.15) is 5.76 Å². The van der Waals surface area contributed by atoms with Gasteiger partial charge in [-0.15, -0.1) is 0 Å². The van der Waals surface area contributed by atoms with Crippen molar-refractivity contribution in [2.45, 2.75) is 6.92 Å². The molecule has 2 aliphatic rings. The van der Waals surface area contributed by atoms with E-state index in [0.29, 0.717) is 5.92 Å². The van der Waals surface area contributed by atoms with Gasteiger partial charge in [0.25, 0.3) is 0 Å². The highest BCUT2D eigenvalue weighted by Crippen LogP contribution is 2.45. The molecule has 0 spiro atoms. The van der Waals surface area contributed by atoms with Crippen molar-refractivity contribution in [2.75, 3.05) is 0 Å². The molecule has 1 aromatic carbocycles. The van der Waals surface area contributed by atoms with Gasteiger partial charge in [0.15, 0.2) is 0 Å². The number of furan rings is 1. The zero-order chi connectivity index (χ0) is 13.7. The maximum absolute atomic E-state index is 6.16. The number of benzene rings is 1. The Kier molecular flexibility index (Phi) is 2.51. The summed E-state index contributed by atoms with van der Waals surface area (Å²) in [6.07, 6.45) is 8.44. The highest BCUT2D eigenvalue weighted by Gasteiger charge is 2.28. The molecule has 0 saturated carbocycles. The summed E-state index contributed by atoms with van der Waals surface area (Å²) in [5.74, 6) is 1.25. The Morgan fingerprint density at radius 3 is 2.85 bits per heavy atom. The van der Waals surface area contributed by atoms with Crippen LogP contribution >= 0.6 is 11.6 Å². The average molecular weight is 281 g/mol. The minimum atomic E-state index is 0.334. The maximum atomic E-state index is 6.16. The number of rotatable bonds is 1. The molecule has 20 heavy (non-hydrogen) atoms. The molecule has 0 radical (unpaired) electrons. The molecule has 2 aromatic rings. The molecule has 0 fully saturated rings. The largest absolute Gasteiger partial charge is 0.464 e. The maximum Gasteiger partial charge on any atom is 0.133 e. The van der Waals surface area contributed by atoms with Gasteiger partial charge < -0.3 is 4.42 Å². The number of halogens is 1.